The molecule has 42 heteroatoms. The third kappa shape index (κ3) is 26.5. The van der Waals surface area contributed by atoms with E-state index in [2.05, 4.69) is 21.3 Å². The summed E-state index contributed by atoms with van der Waals surface area (Å²) in [5, 5.41) is 68.1. The van der Waals surface area contributed by atoms with Crippen LogP contribution in [-0.4, -0.2) is 279 Å². The number of hydrogen-bond donors (Lipinski definition) is 9. The van der Waals surface area contributed by atoms with Crippen LogP contribution in [0.4, 0.5) is 25.8 Å². The van der Waals surface area contributed by atoms with Crippen molar-refractivity contribution >= 4 is 95.5 Å². The number of hydrogen-bond acceptors (Lipinski definition) is 37. The van der Waals surface area contributed by atoms with Gasteiger partial charge >= 0.3 is 42.2 Å². The lowest BCUT2D eigenvalue weighted by Gasteiger charge is -2.43. The molecule has 0 saturated carbocycles. The number of benzene rings is 6. The SMILES string of the molecule is C.CC.CC(=O)O[C@H]1C(Oc2ccc(COC(=O)N3CCOC3CCC=O)cc2NC(=O)CCNC(=O)OCC2c3ccccc3-c3ccccc32)O[C@H](COC=O)[C@@H](C)[C@@H]1C.CCCC(=O)Nc1cc(COC(=O)N2CCOC2CCCNC2CC(OC3C[C@](O)(C(=O)CO)Cc4c(O)c5c(c(O)c43)C(=O)c3c(OC)cccc3C5=O)OC(C)C2O)ccc1OC1O[C@H](C(=O)OC)[C@@H](OC(C)=O)[C@H](OC(C)=O)[C@H]1C. The average Bonchev–Trinajstić information content (AvgIpc) is 0.717. The number of aliphatic hydroxyl groups is 3. The van der Waals surface area contributed by atoms with Crippen molar-refractivity contribution in [3.05, 3.63) is 159 Å². The minimum Gasteiger partial charge on any atom is -0.507 e. The summed E-state index contributed by atoms with van der Waals surface area (Å²) >= 11 is 0. The van der Waals surface area contributed by atoms with Crippen LogP contribution >= 0.6 is 0 Å². The Morgan fingerprint density at radius 3 is 1.77 bits per heavy atom. The molecule has 0 spiro atoms. The summed E-state index contributed by atoms with van der Waals surface area (Å²) in [6.07, 6.45) is -14.6. The molecule has 9 unspecified atom stereocenters. The zero-order valence-electron chi connectivity index (χ0n) is 82.0. The zero-order chi connectivity index (χ0) is 104. The molecule has 5 heterocycles. The van der Waals surface area contributed by atoms with Gasteiger partial charge in [0.2, 0.25) is 30.2 Å². The summed E-state index contributed by atoms with van der Waals surface area (Å²) in [4.78, 5) is 181. The van der Waals surface area contributed by atoms with E-state index in [0.717, 1.165) is 49.5 Å². The van der Waals surface area contributed by atoms with E-state index in [1.165, 1.54) is 54.2 Å². The van der Waals surface area contributed by atoms with Gasteiger partial charge < -0.3 is 132 Å². The molecule has 5 aliphatic heterocycles. The van der Waals surface area contributed by atoms with Crippen LogP contribution in [0.2, 0.25) is 0 Å². The molecule has 0 radical (unpaired) electrons. The van der Waals surface area contributed by atoms with Gasteiger partial charge in [0.15, 0.2) is 42.3 Å². The van der Waals surface area contributed by atoms with Gasteiger partial charge in [-0.25, -0.2) is 19.2 Å². The van der Waals surface area contributed by atoms with Gasteiger partial charge in [-0.3, -0.25) is 53.0 Å². The normalized spacial score (nSPS) is 24.6. The van der Waals surface area contributed by atoms with Gasteiger partial charge in [-0.2, -0.15) is 0 Å². The van der Waals surface area contributed by atoms with Crippen LogP contribution in [0.25, 0.3) is 11.1 Å². The molecular formula is C103H128N6O36. The van der Waals surface area contributed by atoms with Crippen molar-refractivity contribution in [1.82, 2.24) is 20.4 Å². The number of aldehydes is 1. The lowest BCUT2D eigenvalue weighted by atomic mass is 9.72. The molecule has 3 aliphatic carbocycles. The first-order valence-corrected chi connectivity index (χ1v) is 47.8. The number of amides is 5. The first kappa shape index (κ1) is 112. The van der Waals surface area contributed by atoms with E-state index >= 15 is 0 Å². The number of ether oxygens (including phenoxy) is 17. The third-order valence-corrected chi connectivity index (χ3v) is 26.1. The molecule has 14 rings (SSSR count). The van der Waals surface area contributed by atoms with Gasteiger partial charge in [0, 0.05) is 100 Å². The third-order valence-electron chi connectivity index (χ3n) is 26.1. The van der Waals surface area contributed by atoms with Crippen LogP contribution < -0.4 is 35.5 Å². The number of phenolic OH excluding ortho intramolecular Hbond substituents is 2. The van der Waals surface area contributed by atoms with Gasteiger partial charge in [0.05, 0.1) is 98.9 Å². The van der Waals surface area contributed by atoms with Crippen LogP contribution in [0.15, 0.2) is 103 Å². The van der Waals surface area contributed by atoms with Crippen molar-refractivity contribution < 1.29 is 173 Å². The zero-order valence-corrected chi connectivity index (χ0v) is 82.0. The number of esters is 4. The van der Waals surface area contributed by atoms with E-state index in [9.17, 15) is 92.7 Å². The monoisotopic (exact) mass is 2020 g/mol. The minimum atomic E-state index is -2.36. The standard InChI is InChI=1S/C57H69N3O23.C43H49N3O13.C2H6.CH4/c1-8-11-39(65)59-33-20-30(15-16-35(33)82-55-26(2)51(79-28(4)62)52(80-29(5)63)53(83-55)54(71)75-7)25-77-56(72)60-18-19-76-40(60)14-10-17-58-34-21-41(78-27(3)46(34)66)81-37-23-57(73,38(64)24-61)22-32-43(37)50(70)45-44(48(32)68)47(67)31-12-9-13-36(74-6)42(31)49(45)69;1-26-27(2)40(57-28(3)49)41(59-37(26)24-53-25-48)58-36-15-14-29(22-56-43(52)46-18-20-54-39(46)13-8-19-47)21-35(36)45-38(50)16-17-44-42(51)55-23-34-32-11-6-4-9-30(32)31-10-5-7-12-33(31)34;1-2;/h9,12-13,15-16,20,26-27,34,37,40-41,46,51-53,55,58,61,66,68,70,73H,8,10-11,14,17-19,21-25H2,1-7H3,(H,59,65);4-7,9-12,14-15,19,21,25-27,34,37,39-41H,8,13,16-18,20,22-24H2,1-3H3,(H,44,51)(H,45,50);1-2H3;1H4/t26-,27?,34?,37?,40?,41?,46?,51-,52+,53+,55?,57+;26-,27-,37+,39?,40+,41?;;/m10../s1. The summed E-state index contributed by atoms with van der Waals surface area (Å²) in [6.45, 7) is 16.4. The topological polar surface area (TPSA) is 552 Å². The summed E-state index contributed by atoms with van der Waals surface area (Å²) in [7, 11) is 2.41. The number of nitrogens with zero attached hydrogens (tertiary/aromatic N) is 2. The van der Waals surface area contributed by atoms with E-state index in [1.54, 1.807) is 38.1 Å². The second-order valence-corrected chi connectivity index (χ2v) is 35.6. The van der Waals surface area contributed by atoms with Crippen molar-refractivity contribution in [2.45, 2.75) is 252 Å². The largest absolute Gasteiger partial charge is 0.507 e. The quantitative estimate of drug-likeness (QED) is 0.00574. The van der Waals surface area contributed by atoms with Gasteiger partial charge in [0.25, 0.3) is 6.47 Å². The molecule has 42 nitrogen and oxygen atoms in total. The fourth-order valence-corrected chi connectivity index (χ4v) is 18.8. The van der Waals surface area contributed by atoms with Gasteiger partial charge in [-0.05, 0) is 109 Å². The first-order valence-electron chi connectivity index (χ1n) is 47.8. The lowest BCUT2D eigenvalue weighted by Crippen LogP contribution is -2.60. The smallest absolute Gasteiger partial charge is 0.412 e. The number of Topliss-reactive ketones (excluding diaryl/α,β-unsaturated/α-hetero) is 1. The highest BCUT2D eigenvalue weighted by Gasteiger charge is 2.55. The molecule has 9 N–H and O–H groups in total. The molecular weight excluding hydrogens is 1900 g/mol. The summed E-state index contributed by atoms with van der Waals surface area (Å²) < 4.78 is 97.3. The maximum Gasteiger partial charge on any atom is 0.412 e. The van der Waals surface area contributed by atoms with Crippen LogP contribution in [0.5, 0.6) is 28.7 Å². The van der Waals surface area contributed by atoms with Crippen LogP contribution in [0.3, 0.4) is 0 Å². The maximum absolute atomic E-state index is 14.1. The van der Waals surface area contributed by atoms with Crippen LogP contribution in [0.1, 0.15) is 212 Å². The highest BCUT2D eigenvalue weighted by atomic mass is 16.7. The number of methoxy groups -OCH3 is 2. The number of carbonyl (C=O) groups excluding carboxylic acids is 14. The van der Waals surface area contributed by atoms with Gasteiger partial charge in [0.1, 0.15) is 86.1 Å². The summed E-state index contributed by atoms with van der Waals surface area (Å²) in [5.74, 6) is -9.19. The number of rotatable bonds is 37. The number of fused-ring (bicyclic) bond motifs is 6. The predicted molar refractivity (Wildman–Crippen MR) is 511 cm³/mol. The Hall–Kier alpha value is -13.3. The van der Waals surface area contributed by atoms with Crippen molar-refractivity contribution in [2.24, 2.45) is 17.8 Å². The van der Waals surface area contributed by atoms with E-state index in [-0.39, 0.29) is 160 Å². The van der Waals surface area contributed by atoms with Gasteiger partial charge in [-0.1, -0.05) is 122 Å². The second kappa shape index (κ2) is 51.5. The maximum atomic E-state index is 14.1. The fourth-order valence-electron chi connectivity index (χ4n) is 18.8. The Bertz CT molecular complexity index is 5610. The molecule has 5 amide bonds. The Morgan fingerprint density at radius 2 is 1.19 bits per heavy atom. The van der Waals surface area contributed by atoms with E-state index in [4.69, 9.17) is 80.5 Å². The highest BCUT2D eigenvalue weighted by molar-refractivity contribution is 6.31. The molecule has 8 aliphatic rings. The Kier molecular flexibility index (Phi) is 39.8. The number of carbonyl (C=O) groups is 14. The number of anilines is 2. The van der Waals surface area contributed by atoms with Crippen molar-refractivity contribution in [1.29, 1.82) is 0 Å². The number of ketones is 3. The van der Waals surface area contributed by atoms with Gasteiger partial charge in [-0.15, -0.1) is 0 Å². The Balaban J connectivity index is 0.000000285. The number of nitrogens with one attached hydrogen (secondary N) is 4. The number of aliphatic hydroxyl groups excluding tert-OH is 2. The number of phenols is 2. The van der Waals surface area contributed by atoms with E-state index in [0.29, 0.717) is 56.4 Å². The molecule has 6 aromatic carbocycles. The highest BCUT2D eigenvalue weighted by Crippen LogP contribution is 2.54. The minimum absolute atomic E-state index is 0. The number of alkyl carbamates (subject to hydrolysis) is 1. The fraction of sp³-hybridized carbons (Fsp3) is 0.515. The Morgan fingerprint density at radius 1 is 0.614 bits per heavy atom. The number of aromatic hydroxyl groups is 2. The van der Waals surface area contributed by atoms with Crippen molar-refractivity contribution in [3.8, 4) is 39.9 Å². The molecule has 18 atom stereocenters. The lowest BCUT2D eigenvalue weighted by molar-refractivity contribution is -0.261. The average molecular weight is 2030 g/mol. The van der Waals surface area contributed by atoms with E-state index in [1.807, 2.05) is 83.1 Å². The van der Waals surface area contributed by atoms with Crippen LogP contribution in [-0.2, 0) is 129 Å². The second-order valence-electron chi connectivity index (χ2n) is 35.6. The molecule has 6 aromatic rings. The summed E-state index contributed by atoms with van der Waals surface area (Å²) in [6, 6.07) is 29.0. The molecule has 0 aromatic heterocycles. The molecule has 786 valence electrons. The van der Waals surface area contributed by atoms with Crippen molar-refractivity contribution in [2.75, 3.05) is 84.1 Å². The molecule has 5 saturated heterocycles. The molecule has 145 heavy (non-hydrogen) atoms. The molecule has 0 bridgehead atoms. The predicted octanol–water partition coefficient (Wildman–Crippen LogP) is 9.89. The Labute approximate surface area is 837 Å². The van der Waals surface area contributed by atoms with E-state index < -0.39 is 205 Å². The van der Waals surface area contributed by atoms with Crippen molar-refractivity contribution in [3.63, 3.8) is 0 Å². The summed E-state index contributed by atoms with van der Waals surface area (Å²) in [5.41, 5.74) is 1.52. The van der Waals surface area contributed by atoms with Crippen LogP contribution in [0, 0.1) is 17.8 Å². The first-order chi connectivity index (χ1) is 69.1. The molecule has 5 fully saturated rings.